The van der Waals surface area contributed by atoms with Crippen LogP contribution in [-0.4, -0.2) is 11.7 Å². The summed E-state index contributed by atoms with van der Waals surface area (Å²) in [6.45, 7) is 6.05. The molecule has 0 saturated heterocycles. The number of aliphatic hydroxyl groups excluding tert-OH is 1. The summed E-state index contributed by atoms with van der Waals surface area (Å²) in [7, 11) is 0. The first-order valence-corrected chi connectivity index (χ1v) is 7.89. The fourth-order valence-electron chi connectivity index (χ4n) is 2.35. The highest BCUT2D eigenvalue weighted by atomic mass is 16.3. The van der Waals surface area contributed by atoms with Crippen molar-refractivity contribution in [3.63, 3.8) is 0 Å². The van der Waals surface area contributed by atoms with Crippen LogP contribution in [0.2, 0.25) is 0 Å². The quantitative estimate of drug-likeness (QED) is 0.733. The fraction of sp³-hybridized carbons (Fsp3) is 0.444. The van der Waals surface area contributed by atoms with E-state index in [1.165, 1.54) is 19.3 Å². The van der Waals surface area contributed by atoms with E-state index in [9.17, 15) is 5.11 Å². The van der Waals surface area contributed by atoms with Gasteiger partial charge in [0.25, 0.3) is 0 Å². The Labute approximate surface area is 127 Å². The van der Waals surface area contributed by atoms with Gasteiger partial charge in [0, 0.05) is 5.56 Å². The zero-order valence-corrected chi connectivity index (χ0v) is 13.0. The number of nitrogens with two attached hydrogens (primary N) is 1. The molecule has 0 amide bonds. The molecule has 0 aliphatic carbocycles. The lowest BCUT2D eigenvalue weighted by Crippen LogP contribution is -2.82. The van der Waals surface area contributed by atoms with Gasteiger partial charge in [-0.1, -0.05) is 37.6 Å². The smallest absolute Gasteiger partial charge is 0.158 e. The van der Waals surface area contributed by atoms with Crippen molar-refractivity contribution < 1.29 is 14.8 Å². The molecule has 1 heterocycles. The number of unbranched alkanes of at least 4 members (excludes halogenated alkanes) is 2. The molecule has 2 aromatic rings. The maximum absolute atomic E-state index is 9.52. The van der Waals surface area contributed by atoms with Crippen molar-refractivity contribution in [1.82, 2.24) is 0 Å². The van der Waals surface area contributed by atoms with E-state index in [4.69, 9.17) is 4.42 Å². The molecule has 2 rings (SSSR count). The summed E-state index contributed by atoms with van der Waals surface area (Å²) in [4.78, 5) is 0. The summed E-state index contributed by atoms with van der Waals surface area (Å²) in [6, 6.07) is 11.9. The third-order valence-corrected chi connectivity index (χ3v) is 3.70. The standard InChI is InChI=1S/C18H25NO2/c1-3-4-5-12-19-13-17-10-11-18(21-17)16-8-6-15(7-9-16)14(2)20/h6-11,14,19-20H,3-5,12-13H2,1-2H3/p+1/t14-/m1/s1. The minimum Gasteiger partial charge on any atom is -0.455 e. The molecule has 0 spiro atoms. The van der Waals surface area contributed by atoms with Crippen LogP contribution < -0.4 is 5.32 Å². The van der Waals surface area contributed by atoms with E-state index < -0.39 is 6.10 Å². The number of hydrogen-bond acceptors (Lipinski definition) is 2. The van der Waals surface area contributed by atoms with Crippen LogP contribution >= 0.6 is 0 Å². The van der Waals surface area contributed by atoms with E-state index in [1.54, 1.807) is 6.92 Å². The third-order valence-electron chi connectivity index (χ3n) is 3.70. The normalized spacial score (nSPS) is 12.5. The van der Waals surface area contributed by atoms with Gasteiger partial charge in [0.2, 0.25) is 0 Å². The first-order valence-electron chi connectivity index (χ1n) is 7.89. The summed E-state index contributed by atoms with van der Waals surface area (Å²) in [6.07, 6.45) is 3.41. The van der Waals surface area contributed by atoms with Crippen molar-refractivity contribution in [2.45, 2.75) is 45.8 Å². The Morgan fingerprint density at radius 2 is 1.86 bits per heavy atom. The van der Waals surface area contributed by atoms with Gasteiger partial charge in [0.1, 0.15) is 12.3 Å². The SMILES string of the molecule is CCCCC[NH2+]Cc1ccc(-c2ccc([C@@H](C)O)cc2)o1. The molecule has 1 atom stereocenters. The maximum atomic E-state index is 9.52. The van der Waals surface area contributed by atoms with Crippen LogP contribution in [0.3, 0.4) is 0 Å². The van der Waals surface area contributed by atoms with E-state index in [0.29, 0.717) is 0 Å². The van der Waals surface area contributed by atoms with Crippen molar-refractivity contribution in [3.05, 3.63) is 47.7 Å². The summed E-state index contributed by atoms with van der Waals surface area (Å²) < 4.78 is 5.88. The zero-order chi connectivity index (χ0) is 15.1. The number of aliphatic hydroxyl groups is 1. The Hall–Kier alpha value is -1.58. The number of furan rings is 1. The third kappa shape index (κ3) is 4.73. The highest BCUT2D eigenvalue weighted by molar-refractivity contribution is 5.58. The Morgan fingerprint density at radius 1 is 1.10 bits per heavy atom. The Bertz CT molecular complexity index is 528. The van der Waals surface area contributed by atoms with E-state index in [0.717, 1.165) is 35.7 Å². The summed E-state index contributed by atoms with van der Waals surface area (Å²) in [5, 5.41) is 11.8. The van der Waals surface area contributed by atoms with Gasteiger partial charge in [-0.15, -0.1) is 0 Å². The minimum absolute atomic E-state index is 0.427. The van der Waals surface area contributed by atoms with Gasteiger partial charge in [0.05, 0.1) is 12.6 Å². The second-order valence-electron chi connectivity index (χ2n) is 5.55. The summed E-state index contributed by atoms with van der Waals surface area (Å²) in [5.74, 6) is 1.91. The van der Waals surface area contributed by atoms with Crippen LogP contribution in [0, 0.1) is 0 Å². The number of hydrogen-bond donors (Lipinski definition) is 2. The van der Waals surface area contributed by atoms with E-state index >= 15 is 0 Å². The molecule has 0 aliphatic rings. The van der Waals surface area contributed by atoms with E-state index in [2.05, 4.69) is 12.2 Å². The van der Waals surface area contributed by atoms with Gasteiger partial charge < -0.3 is 14.8 Å². The molecule has 1 aromatic carbocycles. The van der Waals surface area contributed by atoms with Gasteiger partial charge >= 0.3 is 0 Å². The zero-order valence-electron chi connectivity index (χ0n) is 13.0. The number of quaternary nitrogens is 1. The molecule has 21 heavy (non-hydrogen) atoms. The lowest BCUT2D eigenvalue weighted by molar-refractivity contribution is -0.672. The first-order chi connectivity index (χ1) is 10.2. The van der Waals surface area contributed by atoms with Crippen molar-refractivity contribution >= 4 is 0 Å². The highest BCUT2D eigenvalue weighted by Gasteiger charge is 2.07. The minimum atomic E-state index is -0.427. The molecular formula is C18H26NO2+. The number of benzene rings is 1. The van der Waals surface area contributed by atoms with E-state index in [-0.39, 0.29) is 0 Å². The average Bonchev–Trinajstić information content (AvgIpc) is 2.96. The second-order valence-corrected chi connectivity index (χ2v) is 5.55. The topological polar surface area (TPSA) is 50.0 Å². The van der Waals surface area contributed by atoms with Gasteiger partial charge in [-0.25, -0.2) is 0 Å². The molecule has 3 heteroatoms. The lowest BCUT2D eigenvalue weighted by atomic mass is 10.1. The summed E-state index contributed by atoms with van der Waals surface area (Å²) in [5.41, 5.74) is 1.98. The molecule has 0 bridgehead atoms. The van der Waals surface area contributed by atoms with Crippen LogP contribution in [0.5, 0.6) is 0 Å². The van der Waals surface area contributed by atoms with Gasteiger partial charge in [-0.2, -0.15) is 0 Å². The molecule has 0 saturated carbocycles. The molecule has 0 aliphatic heterocycles. The van der Waals surface area contributed by atoms with Crippen molar-refractivity contribution in [2.24, 2.45) is 0 Å². The van der Waals surface area contributed by atoms with Crippen molar-refractivity contribution in [1.29, 1.82) is 0 Å². The Morgan fingerprint density at radius 3 is 2.52 bits per heavy atom. The van der Waals surface area contributed by atoms with Crippen molar-refractivity contribution in [3.8, 4) is 11.3 Å². The lowest BCUT2D eigenvalue weighted by Gasteiger charge is -2.04. The molecule has 0 radical (unpaired) electrons. The highest BCUT2D eigenvalue weighted by Crippen LogP contribution is 2.23. The first kappa shape index (κ1) is 15.8. The van der Waals surface area contributed by atoms with Gasteiger partial charge in [-0.05, 0) is 37.5 Å². The number of rotatable bonds is 8. The molecular weight excluding hydrogens is 262 g/mol. The molecule has 1 aromatic heterocycles. The second kappa shape index (κ2) is 8.01. The maximum Gasteiger partial charge on any atom is 0.158 e. The molecule has 0 fully saturated rings. The van der Waals surface area contributed by atoms with Gasteiger partial charge in [0.15, 0.2) is 5.76 Å². The molecule has 0 unspecified atom stereocenters. The summed E-state index contributed by atoms with van der Waals surface area (Å²) >= 11 is 0. The van der Waals surface area contributed by atoms with Crippen LogP contribution in [0.15, 0.2) is 40.8 Å². The molecule has 3 N–H and O–H groups in total. The Kier molecular flexibility index (Phi) is 6.03. The largest absolute Gasteiger partial charge is 0.455 e. The van der Waals surface area contributed by atoms with Crippen LogP contribution in [0.25, 0.3) is 11.3 Å². The van der Waals surface area contributed by atoms with E-state index in [1.807, 2.05) is 36.4 Å². The van der Waals surface area contributed by atoms with Crippen LogP contribution in [0.4, 0.5) is 0 Å². The van der Waals surface area contributed by atoms with Crippen molar-refractivity contribution in [2.75, 3.05) is 6.54 Å². The fourth-order valence-corrected chi connectivity index (χ4v) is 2.35. The predicted octanol–water partition coefficient (Wildman–Crippen LogP) is 3.25. The van der Waals surface area contributed by atoms with Gasteiger partial charge in [-0.3, -0.25) is 0 Å². The average molecular weight is 288 g/mol. The Balaban J connectivity index is 1.90. The molecule has 3 nitrogen and oxygen atoms in total. The predicted molar refractivity (Wildman–Crippen MR) is 84.8 cm³/mol. The monoisotopic (exact) mass is 288 g/mol. The van der Waals surface area contributed by atoms with Crippen LogP contribution in [0.1, 0.15) is 50.5 Å². The van der Waals surface area contributed by atoms with Crippen LogP contribution in [-0.2, 0) is 6.54 Å². The molecule has 114 valence electrons.